The number of nitrogens with one attached hydrogen (secondary N) is 1. The number of H-pyrrole nitrogens is 1. The lowest BCUT2D eigenvalue weighted by Crippen LogP contribution is -2.55. The van der Waals surface area contributed by atoms with Crippen molar-refractivity contribution in [2.45, 2.75) is 31.3 Å². The number of halogens is 1. The van der Waals surface area contributed by atoms with Gasteiger partial charge in [0.15, 0.2) is 0 Å². The Morgan fingerprint density at radius 3 is 2.64 bits per heavy atom. The number of nitrogens with zero attached hydrogens (tertiary/aromatic N) is 3. The molecule has 1 aromatic heterocycles. The third-order valence-electron chi connectivity index (χ3n) is 6.33. The van der Waals surface area contributed by atoms with Crippen LogP contribution in [-0.4, -0.2) is 62.7 Å². The van der Waals surface area contributed by atoms with E-state index in [0.717, 1.165) is 16.8 Å². The average molecular weight is 386 g/mol. The van der Waals surface area contributed by atoms with Crippen LogP contribution in [0.25, 0.3) is 11.3 Å². The third kappa shape index (κ3) is 3.07. The zero-order chi connectivity index (χ0) is 19.9. The summed E-state index contributed by atoms with van der Waals surface area (Å²) in [4.78, 5) is 27.7. The Morgan fingerprint density at radius 2 is 2.00 bits per heavy atom. The Hall–Kier alpha value is -2.74. The van der Waals surface area contributed by atoms with Crippen LogP contribution in [0.3, 0.4) is 0 Å². The third-order valence-corrected chi connectivity index (χ3v) is 6.33. The second-order valence-corrected chi connectivity index (χ2v) is 7.70. The van der Waals surface area contributed by atoms with Gasteiger partial charge in [-0.2, -0.15) is 5.10 Å². The van der Waals surface area contributed by atoms with E-state index in [1.54, 1.807) is 30.3 Å². The lowest BCUT2D eigenvalue weighted by atomic mass is 9.77. The standard InChI is InChI=1S/C20H23FN4O3/c1-24-17(26)10-16(19(27)28)20(24)6-8-25(9-7-20)12-14-11-22-23-18(14)13-2-4-15(21)5-3-13/h2-5,11,16H,6-10,12H2,1H3,(H,22,23)(H,27,28). The van der Waals surface area contributed by atoms with Crippen LogP contribution in [0.1, 0.15) is 24.8 Å². The van der Waals surface area contributed by atoms with E-state index in [2.05, 4.69) is 15.1 Å². The minimum atomic E-state index is -0.889. The van der Waals surface area contributed by atoms with Gasteiger partial charge in [-0.05, 0) is 37.1 Å². The normalized spacial score (nSPS) is 22.1. The zero-order valence-electron chi connectivity index (χ0n) is 15.7. The van der Waals surface area contributed by atoms with Gasteiger partial charge < -0.3 is 10.0 Å². The number of carbonyl (C=O) groups is 2. The molecule has 1 atom stereocenters. The van der Waals surface area contributed by atoms with Gasteiger partial charge in [-0.1, -0.05) is 0 Å². The van der Waals surface area contributed by atoms with Crippen LogP contribution < -0.4 is 0 Å². The molecule has 2 fully saturated rings. The molecule has 2 aliphatic heterocycles. The molecule has 2 saturated heterocycles. The molecule has 0 aliphatic carbocycles. The molecule has 1 unspecified atom stereocenters. The van der Waals surface area contributed by atoms with Gasteiger partial charge in [0.05, 0.1) is 23.3 Å². The molecule has 7 nitrogen and oxygen atoms in total. The molecular formula is C20H23FN4O3. The summed E-state index contributed by atoms with van der Waals surface area (Å²) < 4.78 is 13.2. The highest BCUT2D eigenvalue weighted by molar-refractivity contribution is 5.88. The largest absolute Gasteiger partial charge is 0.481 e. The molecule has 2 aliphatic rings. The lowest BCUT2D eigenvalue weighted by Gasteiger charge is -2.45. The van der Waals surface area contributed by atoms with E-state index >= 15 is 0 Å². The molecule has 0 radical (unpaired) electrons. The summed E-state index contributed by atoms with van der Waals surface area (Å²) in [5, 5.41) is 16.7. The predicted molar refractivity (Wildman–Crippen MR) is 99.7 cm³/mol. The van der Waals surface area contributed by atoms with E-state index in [1.807, 2.05) is 0 Å². The SMILES string of the molecule is CN1C(=O)CC(C(=O)O)C12CCN(Cc1cn[nH]c1-c1ccc(F)cc1)CC2. The van der Waals surface area contributed by atoms with Crippen molar-refractivity contribution in [2.24, 2.45) is 5.92 Å². The number of aromatic amines is 1. The topological polar surface area (TPSA) is 89.5 Å². The van der Waals surface area contributed by atoms with Gasteiger partial charge in [-0.15, -0.1) is 0 Å². The van der Waals surface area contributed by atoms with Gasteiger partial charge in [-0.25, -0.2) is 4.39 Å². The van der Waals surface area contributed by atoms with E-state index in [4.69, 9.17) is 0 Å². The maximum atomic E-state index is 13.2. The molecular weight excluding hydrogens is 363 g/mol. The molecule has 2 N–H and O–H groups in total. The maximum absolute atomic E-state index is 13.2. The van der Waals surface area contributed by atoms with Gasteiger partial charge in [0.25, 0.3) is 0 Å². The molecule has 1 amide bonds. The summed E-state index contributed by atoms with van der Waals surface area (Å²) in [6.45, 7) is 2.07. The number of amides is 1. The number of benzene rings is 1. The first-order chi connectivity index (χ1) is 13.4. The fraction of sp³-hybridized carbons (Fsp3) is 0.450. The number of carboxylic acids is 1. The van der Waals surface area contributed by atoms with Crippen LogP contribution in [0.15, 0.2) is 30.5 Å². The van der Waals surface area contributed by atoms with E-state index in [1.165, 1.54) is 12.1 Å². The number of likely N-dealkylation sites (tertiary alicyclic amines) is 2. The second-order valence-electron chi connectivity index (χ2n) is 7.70. The van der Waals surface area contributed by atoms with Crippen LogP contribution in [0.2, 0.25) is 0 Å². The number of hydrogen-bond acceptors (Lipinski definition) is 4. The smallest absolute Gasteiger partial charge is 0.309 e. The minimum Gasteiger partial charge on any atom is -0.481 e. The molecule has 8 heteroatoms. The minimum absolute atomic E-state index is 0.0856. The summed E-state index contributed by atoms with van der Waals surface area (Å²) in [5.41, 5.74) is 2.15. The molecule has 148 valence electrons. The van der Waals surface area contributed by atoms with Crippen molar-refractivity contribution < 1.29 is 19.1 Å². The molecule has 3 heterocycles. The van der Waals surface area contributed by atoms with Crippen LogP contribution in [0.5, 0.6) is 0 Å². The number of aromatic nitrogens is 2. The van der Waals surface area contributed by atoms with E-state index < -0.39 is 17.4 Å². The molecule has 4 rings (SSSR count). The quantitative estimate of drug-likeness (QED) is 0.840. The number of carbonyl (C=O) groups excluding carboxylic acids is 1. The van der Waals surface area contributed by atoms with Crippen molar-refractivity contribution in [3.63, 3.8) is 0 Å². The van der Waals surface area contributed by atoms with Crippen molar-refractivity contribution in [3.05, 3.63) is 41.8 Å². The average Bonchev–Trinajstić information content (AvgIpc) is 3.23. The molecule has 0 saturated carbocycles. The summed E-state index contributed by atoms with van der Waals surface area (Å²) in [6, 6.07) is 6.27. The number of rotatable bonds is 4. The van der Waals surface area contributed by atoms with E-state index in [9.17, 15) is 19.1 Å². The Bertz CT molecular complexity index is 887. The van der Waals surface area contributed by atoms with Crippen molar-refractivity contribution in [3.8, 4) is 11.3 Å². The van der Waals surface area contributed by atoms with Crippen LogP contribution in [-0.2, 0) is 16.1 Å². The Labute approximate surface area is 162 Å². The predicted octanol–water partition coefficient (Wildman–Crippen LogP) is 2.11. The van der Waals surface area contributed by atoms with Crippen LogP contribution in [0.4, 0.5) is 4.39 Å². The molecule has 0 bridgehead atoms. The van der Waals surface area contributed by atoms with Crippen molar-refractivity contribution in [2.75, 3.05) is 20.1 Å². The van der Waals surface area contributed by atoms with E-state index in [-0.39, 0.29) is 18.1 Å². The summed E-state index contributed by atoms with van der Waals surface area (Å²) in [5.74, 6) is -1.90. The fourth-order valence-electron chi connectivity index (χ4n) is 4.62. The first-order valence-electron chi connectivity index (χ1n) is 9.41. The van der Waals surface area contributed by atoms with Gasteiger partial charge in [-0.3, -0.25) is 19.6 Å². The van der Waals surface area contributed by atoms with Gasteiger partial charge in [0, 0.05) is 44.2 Å². The van der Waals surface area contributed by atoms with Crippen LogP contribution >= 0.6 is 0 Å². The maximum Gasteiger partial charge on any atom is 0.309 e. The second kappa shape index (κ2) is 7.01. The lowest BCUT2D eigenvalue weighted by molar-refractivity contribution is -0.146. The highest BCUT2D eigenvalue weighted by Gasteiger charge is 2.55. The summed E-state index contributed by atoms with van der Waals surface area (Å²) in [6.07, 6.45) is 3.13. The first-order valence-corrected chi connectivity index (χ1v) is 9.41. The summed E-state index contributed by atoms with van der Waals surface area (Å²) >= 11 is 0. The van der Waals surface area contributed by atoms with E-state index in [0.29, 0.717) is 32.5 Å². The highest BCUT2D eigenvalue weighted by Crippen LogP contribution is 2.43. The molecule has 1 aromatic carbocycles. The first kappa shape index (κ1) is 18.6. The summed E-state index contributed by atoms with van der Waals surface area (Å²) in [7, 11) is 1.73. The van der Waals surface area contributed by atoms with Crippen molar-refractivity contribution in [1.29, 1.82) is 0 Å². The number of carboxylic acid groups (broad SMARTS) is 1. The number of piperidine rings is 1. The Balaban J connectivity index is 1.47. The van der Waals surface area contributed by atoms with Crippen molar-refractivity contribution >= 4 is 11.9 Å². The van der Waals surface area contributed by atoms with Crippen molar-refractivity contribution in [1.82, 2.24) is 20.0 Å². The molecule has 28 heavy (non-hydrogen) atoms. The fourth-order valence-corrected chi connectivity index (χ4v) is 4.62. The van der Waals surface area contributed by atoms with Crippen LogP contribution in [0, 0.1) is 11.7 Å². The van der Waals surface area contributed by atoms with Gasteiger partial charge in [0.2, 0.25) is 5.91 Å². The van der Waals surface area contributed by atoms with Gasteiger partial charge in [0.1, 0.15) is 5.82 Å². The Morgan fingerprint density at radius 1 is 1.32 bits per heavy atom. The number of hydrogen-bond donors (Lipinski definition) is 2. The Kier molecular flexibility index (Phi) is 4.66. The van der Waals surface area contributed by atoms with Gasteiger partial charge >= 0.3 is 5.97 Å². The highest BCUT2D eigenvalue weighted by atomic mass is 19.1. The monoisotopic (exact) mass is 386 g/mol. The molecule has 1 spiro atoms. The number of aliphatic carboxylic acids is 1. The zero-order valence-corrected chi connectivity index (χ0v) is 15.7. The molecule has 2 aromatic rings.